The summed E-state index contributed by atoms with van der Waals surface area (Å²) in [5.74, 6) is 0.775. The predicted molar refractivity (Wildman–Crippen MR) is 111 cm³/mol. The van der Waals surface area contributed by atoms with Crippen LogP contribution in [-0.2, 0) is 17.9 Å². The van der Waals surface area contributed by atoms with E-state index in [-0.39, 0.29) is 17.2 Å². The van der Waals surface area contributed by atoms with Crippen molar-refractivity contribution < 1.29 is 9.21 Å². The number of thioether (sulfide) groups is 1. The molecule has 0 fully saturated rings. The standard InChI is InChI=1S/C21H25N3O3S/c1-2-3-4-7-12-24-20(26)17-10-5-6-11-18(17)23-21(24)28-15-19(25)22-14-16-9-8-13-27-16/h5-6,8-11,13H,2-4,7,12,14-15H2,1H3,(H,22,25). The minimum Gasteiger partial charge on any atom is -0.467 e. The summed E-state index contributed by atoms with van der Waals surface area (Å²) in [4.78, 5) is 29.8. The number of para-hydroxylation sites is 1. The number of nitrogens with one attached hydrogen (secondary N) is 1. The van der Waals surface area contributed by atoms with Crippen LogP contribution in [0.1, 0.15) is 38.4 Å². The average molecular weight is 400 g/mol. The van der Waals surface area contributed by atoms with Crippen molar-refractivity contribution in [2.24, 2.45) is 0 Å². The lowest BCUT2D eigenvalue weighted by Crippen LogP contribution is -2.26. The summed E-state index contributed by atoms with van der Waals surface area (Å²) in [5.41, 5.74) is 0.622. The number of rotatable bonds is 10. The first-order chi connectivity index (χ1) is 13.7. The van der Waals surface area contributed by atoms with E-state index in [0.717, 1.165) is 25.7 Å². The van der Waals surface area contributed by atoms with Crippen molar-refractivity contribution in [2.75, 3.05) is 5.75 Å². The van der Waals surface area contributed by atoms with Crippen LogP contribution < -0.4 is 10.9 Å². The molecule has 3 rings (SSSR count). The van der Waals surface area contributed by atoms with Crippen LogP contribution in [0, 0.1) is 0 Å². The fourth-order valence-corrected chi connectivity index (χ4v) is 3.79. The van der Waals surface area contributed by atoms with E-state index in [1.165, 1.54) is 11.8 Å². The Morgan fingerprint density at radius 3 is 2.82 bits per heavy atom. The van der Waals surface area contributed by atoms with Crippen molar-refractivity contribution in [1.82, 2.24) is 14.9 Å². The number of furan rings is 1. The molecular weight excluding hydrogens is 374 g/mol. The number of amides is 1. The zero-order valence-electron chi connectivity index (χ0n) is 16.0. The minimum atomic E-state index is -0.124. The largest absolute Gasteiger partial charge is 0.467 e. The zero-order chi connectivity index (χ0) is 19.8. The molecule has 6 nitrogen and oxygen atoms in total. The van der Waals surface area contributed by atoms with Gasteiger partial charge in [-0.3, -0.25) is 14.2 Å². The van der Waals surface area contributed by atoms with Gasteiger partial charge in [0, 0.05) is 6.54 Å². The predicted octanol–water partition coefficient (Wildman–Crippen LogP) is 3.98. The third kappa shape index (κ3) is 5.25. The maximum atomic E-state index is 12.9. The van der Waals surface area contributed by atoms with Gasteiger partial charge in [0.15, 0.2) is 5.16 Å². The summed E-state index contributed by atoms with van der Waals surface area (Å²) in [7, 11) is 0. The fourth-order valence-electron chi connectivity index (χ4n) is 2.93. The van der Waals surface area contributed by atoms with Gasteiger partial charge in [-0.05, 0) is 30.7 Å². The normalized spacial score (nSPS) is 11.0. The maximum absolute atomic E-state index is 12.9. The SMILES string of the molecule is CCCCCCn1c(SCC(=O)NCc2ccco2)nc2ccccc2c1=O. The van der Waals surface area contributed by atoms with Gasteiger partial charge in [-0.1, -0.05) is 50.1 Å². The first kappa shape index (κ1) is 20.2. The first-order valence-electron chi connectivity index (χ1n) is 9.60. The summed E-state index contributed by atoms with van der Waals surface area (Å²) in [6.07, 6.45) is 5.86. The highest BCUT2D eigenvalue weighted by molar-refractivity contribution is 7.99. The van der Waals surface area contributed by atoms with Crippen LogP contribution in [0.15, 0.2) is 57.0 Å². The third-order valence-corrected chi connectivity index (χ3v) is 5.41. The highest BCUT2D eigenvalue weighted by Crippen LogP contribution is 2.18. The monoisotopic (exact) mass is 399 g/mol. The number of unbranched alkanes of at least 4 members (excludes halogenated alkanes) is 3. The molecule has 1 aromatic carbocycles. The van der Waals surface area contributed by atoms with Crippen molar-refractivity contribution in [3.8, 4) is 0 Å². The smallest absolute Gasteiger partial charge is 0.262 e. The van der Waals surface area contributed by atoms with Crippen molar-refractivity contribution in [1.29, 1.82) is 0 Å². The number of benzene rings is 1. The highest BCUT2D eigenvalue weighted by Gasteiger charge is 2.13. The van der Waals surface area contributed by atoms with Crippen LogP contribution in [0.5, 0.6) is 0 Å². The summed E-state index contributed by atoms with van der Waals surface area (Å²) in [6.45, 7) is 3.13. The van der Waals surface area contributed by atoms with E-state index in [0.29, 0.717) is 34.9 Å². The molecule has 1 amide bonds. The van der Waals surface area contributed by atoms with Crippen LogP contribution in [0.3, 0.4) is 0 Å². The van der Waals surface area contributed by atoms with E-state index in [2.05, 4.69) is 17.2 Å². The van der Waals surface area contributed by atoms with E-state index in [1.54, 1.807) is 23.0 Å². The van der Waals surface area contributed by atoms with Gasteiger partial charge < -0.3 is 9.73 Å². The quantitative estimate of drug-likeness (QED) is 0.317. The number of aromatic nitrogens is 2. The molecule has 0 atom stereocenters. The first-order valence-corrected chi connectivity index (χ1v) is 10.6. The van der Waals surface area contributed by atoms with Gasteiger partial charge in [0.2, 0.25) is 5.91 Å². The van der Waals surface area contributed by atoms with Crippen LogP contribution in [0.2, 0.25) is 0 Å². The zero-order valence-corrected chi connectivity index (χ0v) is 16.8. The second kappa shape index (κ2) is 10.1. The van der Waals surface area contributed by atoms with E-state index in [9.17, 15) is 9.59 Å². The number of fused-ring (bicyclic) bond motifs is 1. The molecule has 0 bridgehead atoms. The second-order valence-electron chi connectivity index (χ2n) is 6.57. The van der Waals surface area contributed by atoms with Gasteiger partial charge in [0.05, 0.1) is 29.5 Å². The van der Waals surface area contributed by atoms with Crippen molar-refractivity contribution in [3.63, 3.8) is 0 Å². The minimum absolute atomic E-state index is 0.0411. The van der Waals surface area contributed by atoms with Crippen LogP contribution in [0.4, 0.5) is 0 Å². The van der Waals surface area contributed by atoms with Gasteiger partial charge in [0.25, 0.3) is 5.56 Å². The van der Waals surface area contributed by atoms with Gasteiger partial charge in [-0.15, -0.1) is 0 Å². The average Bonchev–Trinajstić information content (AvgIpc) is 3.23. The van der Waals surface area contributed by atoms with Crippen LogP contribution in [-0.4, -0.2) is 21.2 Å². The van der Waals surface area contributed by atoms with E-state index < -0.39 is 0 Å². The molecule has 0 unspecified atom stereocenters. The number of hydrogen-bond acceptors (Lipinski definition) is 5. The molecule has 28 heavy (non-hydrogen) atoms. The molecule has 1 N–H and O–H groups in total. The third-order valence-electron chi connectivity index (χ3n) is 4.43. The maximum Gasteiger partial charge on any atom is 0.262 e. The molecule has 0 aliphatic carbocycles. The van der Waals surface area contributed by atoms with Crippen molar-refractivity contribution in [3.05, 3.63) is 58.8 Å². The molecule has 148 valence electrons. The van der Waals surface area contributed by atoms with Crippen LogP contribution >= 0.6 is 11.8 Å². The molecule has 0 aliphatic rings. The van der Waals surface area contributed by atoms with Crippen LogP contribution in [0.25, 0.3) is 10.9 Å². The number of carbonyl (C=O) groups is 1. The number of hydrogen-bond donors (Lipinski definition) is 1. The molecule has 3 aromatic rings. The molecule has 0 aliphatic heterocycles. The lowest BCUT2D eigenvalue weighted by atomic mass is 10.2. The lowest BCUT2D eigenvalue weighted by molar-refractivity contribution is -0.118. The van der Waals surface area contributed by atoms with Crippen molar-refractivity contribution >= 4 is 28.6 Å². The lowest BCUT2D eigenvalue weighted by Gasteiger charge is -2.13. The van der Waals surface area contributed by atoms with E-state index in [1.807, 2.05) is 24.3 Å². The van der Waals surface area contributed by atoms with Crippen molar-refractivity contribution in [2.45, 2.75) is 50.9 Å². The van der Waals surface area contributed by atoms with E-state index in [4.69, 9.17) is 4.42 Å². The fraction of sp³-hybridized carbons (Fsp3) is 0.381. The highest BCUT2D eigenvalue weighted by atomic mass is 32.2. The molecule has 0 radical (unpaired) electrons. The molecule has 7 heteroatoms. The molecular formula is C21H25N3O3S. The molecule has 2 heterocycles. The Hall–Kier alpha value is -2.54. The van der Waals surface area contributed by atoms with Gasteiger partial charge >= 0.3 is 0 Å². The topological polar surface area (TPSA) is 77.1 Å². The van der Waals surface area contributed by atoms with Gasteiger partial charge in [0.1, 0.15) is 5.76 Å². The number of carbonyl (C=O) groups excluding carboxylic acids is 1. The number of nitrogens with zero attached hydrogens (tertiary/aromatic N) is 2. The Bertz CT molecular complexity index is 967. The Morgan fingerprint density at radius 2 is 2.04 bits per heavy atom. The van der Waals surface area contributed by atoms with Gasteiger partial charge in [-0.2, -0.15) is 0 Å². The molecule has 0 spiro atoms. The Morgan fingerprint density at radius 1 is 1.18 bits per heavy atom. The summed E-state index contributed by atoms with van der Waals surface area (Å²) >= 11 is 1.29. The summed E-state index contributed by atoms with van der Waals surface area (Å²) in [6, 6.07) is 10.9. The Labute approximate surface area is 168 Å². The van der Waals surface area contributed by atoms with E-state index >= 15 is 0 Å². The molecule has 2 aromatic heterocycles. The summed E-state index contributed by atoms with van der Waals surface area (Å²) < 4.78 is 6.93. The molecule has 0 saturated heterocycles. The Kier molecular flexibility index (Phi) is 7.31. The molecule has 0 saturated carbocycles. The summed E-state index contributed by atoms with van der Waals surface area (Å²) in [5, 5.41) is 4.02. The second-order valence-corrected chi connectivity index (χ2v) is 7.52. The Balaban J connectivity index is 1.72. The van der Waals surface area contributed by atoms with Gasteiger partial charge in [-0.25, -0.2) is 4.98 Å².